The third-order valence-corrected chi connectivity index (χ3v) is 5.67. The van der Waals surface area contributed by atoms with E-state index in [1.54, 1.807) is 24.7 Å². The lowest BCUT2D eigenvalue weighted by Gasteiger charge is -2.08. The highest BCUT2D eigenvalue weighted by atomic mass is 35.5. The average Bonchev–Trinajstić information content (AvgIpc) is 3.33. The fourth-order valence-corrected chi connectivity index (χ4v) is 3.93. The molecule has 0 amide bonds. The first-order valence-corrected chi connectivity index (χ1v) is 10.0. The minimum Gasteiger partial charge on any atom is -0.357 e. The molecule has 0 aliphatic carbocycles. The first-order chi connectivity index (χ1) is 15.3. The van der Waals surface area contributed by atoms with Crippen LogP contribution in [0, 0.1) is 5.95 Å². The number of H-pyrrole nitrogens is 1. The van der Waals surface area contributed by atoms with Crippen molar-refractivity contribution in [3.63, 3.8) is 0 Å². The maximum absolute atomic E-state index is 13.3. The van der Waals surface area contributed by atoms with Crippen molar-refractivity contribution in [2.45, 2.75) is 6.54 Å². The summed E-state index contributed by atoms with van der Waals surface area (Å²) in [6, 6.07) is 10.0. The number of hydrogen-bond donors (Lipinski definition) is 2. The summed E-state index contributed by atoms with van der Waals surface area (Å²) in [7, 11) is 3.21. The quantitative estimate of drug-likeness (QED) is 0.407. The molecule has 0 spiro atoms. The molecule has 0 unspecified atom stereocenters. The largest absolute Gasteiger partial charge is 0.357 e. The summed E-state index contributed by atoms with van der Waals surface area (Å²) in [4.78, 5) is 37.4. The van der Waals surface area contributed by atoms with Crippen molar-refractivity contribution in [3.05, 3.63) is 80.1 Å². The molecule has 0 radical (unpaired) electrons. The number of halogens is 2. The molecule has 5 aromatic rings. The van der Waals surface area contributed by atoms with Crippen molar-refractivity contribution in [1.82, 2.24) is 28.7 Å². The molecule has 11 heteroatoms. The summed E-state index contributed by atoms with van der Waals surface area (Å²) >= 11 is 6.24. The SMILES string of the molecule is Cn1c(Nc2ccc(F)nc2)nc2c1c(=O)n(Cc1cc3c(Cl)cccc3[nH]1)c(=O)n2C. The van der Waals surface area contributed by atoms with Crippen molar-refractivity contribution in [1.29, 1.82) is 0 Å². The van der Waals surface area contributed by atoms with Crippen LogP contribution in [0.2, 0.25) is 5.02 Å². The predicted molar refractivity (Wildman–Crippen MR) is 120 cm³/mol. The van der Waals surface area contributed by atoms with Gasteiger partial charge in [0.1, 0.15) is 0 Å². The summed E-state index contributed by atoms with van der Waals surface area (Å²) in [5.74, 6) is -0.292. The van der Waals surface area contributed by atoms with Gasteiger partial charge in [0.25, 0.3) is 5.56 Å². The van der Waals surface area contributed by atoms with E-state index in [1.807, 2.05) is 18.2 Å². The number of nitrogens with zero attached hydrogens (tertiary/aromatic N) is 5. The summed E-state index contributed by atoms with van der Waals surface area (Å²) in [6.45, 7) is 0.0439. The van der Waals surface area contributed by atoms with Crippen LogP contribution in [0.4, 0.5) is 16.0 Å². The van der Waals surface area contributed by atoms with E-state index in [0.29, 0.717) is 22.4 Å². The molecule has 4 aromatic heterocycles. The van der Waals surface area contributed by atoms with Crippen molar-refractivity contribution in [3.8, 4) is 0 Å². The van der Waals surface area contributed by atoms with Crippen molar-refractivity contribution in [2.75, 3.05) is 5.32 Å². The highest BCUT2D eigenvalue weighted by Gasteiger charge is 2.19. The fraction of sp³-hybridized carbons (Fsp3) is 0.143. The van der Waals surface area contributed by atoms with Gasteiger partial charge in [0.2, 0.25) is 11.9 Å². The Kier molecular flexibility index (Phi) is 4.59. The summed E-state index contributed by atoms with van der Waals surface area (Å²) in [5.41, 5.74) is 1.48. The van der Waals surface area contributed by atoms with Crippen LogP contribution in [0.1, 0.15) is 5.69 Å². The Balaban J connectivity index is 1.61. The number of aromatic nitrogens is 6. The van der Waals surface area contributed by atoms with E-state index in [2.05, 4.69) is 20.3 Å². The maximum Gasteiger partial charge on any atom is 0.332 e. The molecule has 0 aliphatic heterocycles. The molecule has 0 bridgehead atoms. The van der Waals surface area contributed by atoms with Crippen molar-refractivity contribution in [2.24, 2.45) is 14.1 Å². The van der Waals surface area contributed by atoms with E-state index < -0.39 is 17.2 Å². The fourth-order valence-electron chi connectivity index (χ4n) is 3.71. The second kappa shape index (κ2) is 7.34. The lowest BCUT2D eigenvalue weighted by atomic mass is 10.2. The summed E-state index contributed by atoms with van der Waals surface area (Å²) < 4.78 is 17.1. The summed E-state index contributed by atoms with van der Waals surface area (Å²) in [5, 5.41) is 4.39. The molecule has 0 aliphatic rings. The monoisotopic (exact) mass is 453 g/mol. The predicted octanol–water partition coefficient (Wildman–Crippen LogP) is 2.89. The molecule has 9 nitrogen and oxygen atoms in total. The van der Waals surface area contributed by atoms with Gasteiger partial charge >= 0.3 is 5.69 Å². The first kappa shape index (κ1) is 20.0. The van der Waals surface area contributed by atoms with Crippen LogP contribution < -0.4 is 16.6 Å². The standard InChI is InChI=1S/C21H17ClFN7O2/c1-28-17-18(27-20(28)26-11-6-7-16(23)24-9-11)29(2)21(32)30(19(17)31)10-12-8-13-14(22)4-3-5-15(13)25-12/h3-9,25H,10H2,1-2H3,(H,26,27). The molecular weight excluding hydrogens is 437 g/mol. The minimum atomic E-state index is -0.607. The van der Waals surface area contributed by atoms with Gasteiger partial charge in [-0.1, -0.05) is 17.7 Å². The van der Waals surface area contributed by atoms with Crippen molar-refractivity contribution >= 4 is 45.3 Å². The molecule has 1 aromatic carbocycles. The topological polar surface area (TPSA) is 103 Å². The number of nitrogens with one attached hydrogen (secondary N) is 2. The average molecular weight is 454 g/mol. The van der Waals surface area contributed by atoms with Gasteiger partial charge in [0.15, 0.2) is 11.2 Å². The van der Waals surface area contributed by atoms with E-state index >= 15 is 0 Å². The Hall–Kier alpha value is -3.92. The van der Waals surface area contributed by atoms with Gasteiger partial charge in [-0.05, 0) is 30.3 Å². The normalized spacial score (nSPS) is 11.5. The van der Waals surface area contributed by atoms with Crippen molar-refractivity contribution < 1.29 is 4.39 Å². The summed E-state index contributed by atoms with van der Waals surface area (Å²) in [6.07, 6.45) is 1.31. The Morgan fingerprint density at radius 3 is 2.69 bits per heavy atom. The molecule has 32 heavy (non-hydrogen) atoms. The molecule has 0 saturated heterocycles. The lowest BCUT2D eigenvalue weighted by molar-refractivity contribution is 0.584. The molecule has 0 fully saturated rings. The van der Waals surface area contributed by atoms with E-state index in [4.69, 9.17) is 11.6 Å². The van der Waals surface area contributed by atoms with Gasteiger partial charge in [-0.15, -0.1) is 0 Å². The zero-order valence-electron chi connectivity index (χ0n) is 17.1. The number of hydrogen-bond acceptors (Lipinski definition) is 5. The van der Waals surface area contributed by atoms with E-state index in [9.17, 15) is 14.0 Å². The molecule has 162 valence electrons. The van der Waals surface area contributed by atoms with E-state index in [-0.39, 0.29) is 17.7 Å². The highest BCUT2D eigenvalue weighted by molar-refractivity contribution is 6.35. The number of aryl methyl sites for hydroxylation is 2. The molecule has 5 rings (SSSR count). The van der Waals surface area contributed by atoms with Gasteiger partial charge < -0.3 is 14.9 Å². The van der Waals surface area contributed by atoms with Crippen LogP contribution in [-0.2, 0) is 20.6 Å². The number of benzene rings is 1. The smallest absolute Gasteiger partial charge is 0.332 e. The van der Waals surface area contributed by atoms with Gasteiger partial charge in [-0.25, -0.2) is 9.78 Å². The second-order valence-corrected chi connectivity index (χ2v) is 7.80. The number of pyridine rings is 1. The zero-order chi connectivity index (χ0) is 22.6. The molecule has 0 atom stereocenters. The molecule has 0 saturated carbocycles. The van der Waals surface area contributed by atoms with Gasteiger partial charge in [0.05, 0.1) is 18.4 Å². The molecule has 4 heterocycles. The third-order valence-electron chi connectivity index (χ3n) is 5.34. The minimum absolute atomic E-state index is 0.0439. The van der Waals surface area contributed by atoms with Crippen LogP contribution in [0.25, 0.3) is 22.1 Å². The van der Waals surface area contributed by atoms with Crippen LogP contribution >= 0.6 is 11.6 Å². The lowest BCUT2D eigenvalue weighted by Crippen LogP contribution is -2.39. The second-order valence-electron chi connectivity index (χ2n) is 7.39. The van der Waals surface area contributed by atoms with Gasteiger partial charge in [0, 0.05) is 35.7 Å². The third kappa shape index (κ3) is 3.16. The van der Waals surface area contributed by atoms with E-state index in [0.717, 1.165) is 15.5 Å². The van der Waals surface area contributed by atoms with Crippen LogP contribution in [-0.4, -0.2) is 28.7 Å². The van der Waals surface area contributed by atoms with Crippen LogP contribution in [0.15, 0.2) is 52.2 Å². The Morgan fingerprint density at radius 2 is 1.97 bits per heavy atom. The van der Waals surface area contributed by atoms with Crippen LogP contribution in [0.5, 0.6) is 0 Å². The number of rotatable bonds is 4. The molecule has 2 N–H and O–H groups in total. The number of imidazole rings is 1. The number of anilines is 2. The first-order valence-electron chi connectivity index (χ1n) is 9.64. The van der Waals surface area contributed by atoms with E-state index in [1.165, 1.54) is 22.9 Å². The highest BCUT2D eigenvalue weighted by Crippen LogP contribution is 2.24. The Morgan fingerprint density at radius 1 is 1.16 bits per heavy atom. The zero-order valence-corrected chi connectivity index (χ0v) is 17.8. The number of fused-ring (bicyclic) bond motifs is 2. The number of aromatic amines is 1. The van der Waals surface area contributed by atoms with Crippen LogP contribution in [0.3, 0.4) is 0 Å². The Bertz CT molecular complexity index is 1610. The maximum atomic E-state index is 13.3. The van der Waals surface area contributed by atoms with Gasteiger partial charge in [-0.3, -0.25) is 13.9 Å². The van der Waals surface area contributed by atoms with Gasteiger partial charge in [-0.2, -0.15) is 9.37 Å². The molecular formula is C21H17ClFN7O2. The Labute approximate surface area is 184 Å².